The minimum Gasteiger partial charge on any atom is -0.497 e. The second-order valence-corrected chi connectivity index (χ2v) is 4.62. The summed E-state index contributed by atoms with van der Waals surface area (Å²) in [4.78, 5) is 0. The van der Waals surface area contributed by atoms with Gasteiger partial charge in [0.05, 0.1) is 19.3 Å². The highest BCUT2D eigenvalue weighted by Crippen LogP contribution is 2.26. The van der Waals surface area contributed by atoms with Gasteiger partial charge >= 0.3 is 0 Å². The number of aryl methyl sites for hydroxylation is 1. The molecule has 0 radical (unpaired) electrons. The van der Waals surface area contributed by atoms with E-state index in [0.717, 1.165) is 23.3 Å². The Morgan fingerprint density at radius 1 is 1.41 bits per heavy atom. The van der Waals surface area contributed by atoms with Crippen LogP contribution in [0.15, 0.2) is 18.2 Å². The van der Waals surface area contributed by atoms with Crippen molar-refractivity contribution in [1.29, 1.82) is 0 Å². The number of aliphatic hydroxyl groups is 1. The van der Waals surface area contributed by atoms with Gasteiger partial charge in [0.25, 0.3) is 0 Å². The van der Waals surface area contributed by atoms with E-state index in [-0.39, 0.29) is 12.0 Å². The molecule has 0 heterocycles. The fourth-order valence-corrected chi connectivity index (χ4v) is 1.93. The maximum absolute atomic E-state index is 10.1. The first-order valence-electron chi connectivity index (χ1n) is 6.09. The Kier molecular flexibility index (Phi) is 4.97. The average Bonchev–Trinajstić information content (AvgIpc) is 2.35. The highest BCUT2D eigenvalue weighted by molar-refractivity contribution is 5.37. The van der Waals surface area contributed by atoms with E-state index in [1.807, 2.05) is 32.0 Å². The Labute approximate surface area is 104 Å². The largest absolute Gasteiger partial charge is 0.497 e. The Bertz CT molecular complexity index is 365. The minimum absolute atomic E-state index is 0.200. The fraction of sp³-hybridized carbons (Fsp3) is 0.571. The van der Waals surface area contributed by atoms with Gasteiger partial charge in [0.15, 0.2) is 0 Å². The lowest BCUT2D eigenvalue weighted by Gasteiger charge is -2.25. The van der Waals surface area contributed by atoms with Crippen LogP contribution in [0.5, 0.6) is 5.75 Å². The van der Waals surface area contributed by atoms with Crippen molar-refractivity contribution in [1.82, 2.24) is 0 Å². The summed E-state index contributed by atoms with van der Waals surface area (Å²) in [7, 11) is 1.64. The number of rotatable bonds is 5. The van der Waals surface area contributed by atoms with Gasteiger partial charge in [-0.05, 0) is 36.1 Å². The van der Waals surface area contributed by atoms with Crippen molar-refractivity contribution in [3.8, 4) is 5.75 Å². The van der Waals surface area contributed by atoms with Crippen LogP contribution in [0, 0.1) is 12.8 Å². The third-order valence-corrected chi connectivity index (χ3v) is 3.43. The summed E-state index contributed by atoms with van der Waals surface area (Å²) < 4.78 is 5.16. The van der Waals surface area contributed by atoms with Gasteiger partial charge in [-0.2, -0.15) is 0 Å². The van der Waals surface area contributed by atoms with Crippen molar-refractivity contribution in [3.63, 3.8) is 0 Å². The van der Waals surface area contributed by atoms with Crippen molar-refractivity contribution < 1.29 is 9.84 Å². The normalized spacial score (nSPS) is 16.4. The summed E-state index contributed by atoms with van der Waals surface area (Å²) in [6.45, 7) is 6.06. The number of hydrogen-bond donors (Lipinski definition) is 2. The third kappa shape index (κ3) is 3.20. The molecule has 3 atom stereocenters. The van der Waals surface area contributed by atoms with E-state index in [0.29, 0.717) is 0 Å². The quantitative estimate of drug-likeness (QED) is 0.827. The number of ether oxygens (including phenoxy) is 1. The van der Waals surface area contributed by atoms with E-state index in [1.54, 1.807) is 7.11 Å². The second-order valence-electron chi connectivity index (χ2n) is 4.62. The average molecular weight is 237 g/mol. The van der Waals surface area contributed by atoms with Crippen molar-refractivity contribution in [2.75, 3.05) is 7.11 Å². The van der Waals surface area contributed by atoms with Gasteiger partial charge in [-0.3, -0.25) is 0 Å². The molecule has 0 aliphatic rings. The molecule has 0 saturated carbocycles. The SMILES string of the molecule is CCC(C)[C@H](O)[C@H](N)c1ccc(OC)cc1C. The molecule has 0 spiro atoms. The van der Waals surface area contributed by atoms with E-state index in [2.05, 4.69) is 6.92 Å². The van der Waals surface area contributed by atoms with Crippen LogP contribution in [-0.2, 0) is 0 Å². The number of methoxy groups -OCH3 is 1. The van der Waals surface area contributed by atoms with Crippen LogP contribution in [0.1, 0.15) is 37.4 Å². The van der Waals surface area contributed by atoms with E-state index in [4.69, 9.17) is 10.5 Å². The zero-order valence-corrected chi connectivity index (χ0v) is 11.1. The number of nitrogens with two attached hydrogens (primary N) is 1. The Morgan fingerprint density at radius 3 is 2.53 bits per heavy atom. The maximum Gasteiger partial charge on any atom is 0.119 e. The molecule has 1 unspecified atom stereocenters. The topological polar surface area (TPSA) is 55.5 Å². The molecule has 1 aromatic rings. The van der Waals surface area contributed by atoms with Crippen LogP contribution in [0.4, 0.5) is 0 Å². The molecule has 3 N–H and O–H groups in total. The first-order chi connectivity index (χ1) is 8.01. The van der Waals surface area contributed by atoms with Gasteiger partial charge < -0.3 is 15.6 Å². The van der Waals surface area contributed by atoms with Crippen LogP contribution in [0.25, 0.3) is 0 Å². The summed E-state index contributed by atoms with van der Waals surface area (Å²) in [5.74, 6) is 1.02. The van der Waals surface area contributed by atoms with Crippen LogP contribution in [0.2, 0.25) is 0 Å². The monoisotopic (exact) mass is 237 g/mol. The number of hydrogen-bond acceptors (Lipinski definition) is 3. The van der Waals surface area contributed by atoms with Crippen molar-refractivity contribution in [3.05, 3.63) is 29.3 Å². The third-order valence-electron chi connectivity index (χ3n) is 3.43. The van der Waals surface area contributed by atoms with Crippen LogP contribution >= 0.6 is 0 Å². The highest BCUT2D eigenvalue weighted by atomic mass is 16.5. The van der Waals surface area contributed by atoms with Gasteiger partial charge in [-0.25, -0.2) is 0 Å². The lowest BCUT2D eigenvalue weighted by atomic mass is 9.89. The van der Waals surface area contributed by atoms with Gasteiger partial charge in [0.2, 0.25) is 0 Å². The molecule has 17 heavy (non-hydrogen) atoms. The lowest BCUT2D eigenvalue weighted by molar-refractivity contribution is 0.0877. The Morgan fingerprint density at radius 2 is 2.06 bits per heavy atom. The first-order valence-corrected chi connectivity index (χ1v) is 6.09. The molecule has 0 aromatic heterocycles. The molecule has 0 bridgehead atoms. The van der Waals surface area contributed by atoms with Crippen molar-refractivity contribution in [2.24, 2.45) is 11.7 Å². The van der Waals surface area contributed by atoms with E-state index in [1.165, 1.54) is 0 Å². The molecule has 3 nitrogen and oxygen atoms in total. The number of aliphatic hydroxyl groups excluding tert-OH is 1. The molecule has 0 saturated heterocycles. The zero-order chi connectivity index (χ0) is 13.0. The molecule has 96 valence electrons. The Balaban J connectivity index is 2.92. The summed E-state index contributed by atoms with van der Waals surface area (Å²) in [6, 6.07) is 5.42. The molecular weight excluding hydrogens is 214 g/mol. The maximum atomic E-state index is 10.1. The van der Waals surface area contributed by atoms with E-state index in [9.17, 15) is 5.11 Å². The lowest BCUT2D eigenvalue weighted by Crippen LogP contribution is -2.32. The molecule has 0 aliphatic carbocycles. The molecule has 0 fully saturated rings. The standard InChI is InChI=1S/C14H23NO2/c1-5-9(2)14(16)13(15)12-7-6-11(17-4)8-10(12)3/h6-9,13-14,16H,5,15H2,1-4H3/t9?,13-,14+/m1/s1. The van der Waals surface area contributed by atoms with Crippen molar-refractivity contribution in [2.45, 2.75) is 39.3 Å². The molecular formula is C14H23NO2. The molecule has 3 heteroatoms. The van der Waals surface area contributed by atoms with Gasteiger partial charge in [-0.1, -0.05) is 26.3 Å². The molecule has 1 aromatic carbocycles. The minimum atomic E-state index is -0.507. The van der Waals surface area contributed by atoms with E-state index >= 15 is 0 Å². The summed E-state index contributed by atoms with van der Waals surface area (Å²) in [5.41, 5.74) is 8.16. The van der Waals surface area contributed by atoms with E-state index < -0.39 is 6.10 Å². The predicted octanol–water partition coefficient (Wildman–Crippen LogP) is 2.41. The van der Waals surface area contributed by atoms with Gasteiger partial charge in [0.1, 0.15) is 5.75 Å². The molecule has 0 amide bonds. The van der Waals surface area contributed by atoms with Crippen molar-refractivity contribution >= 4 is 0 Å². The summed E-state index contributed by atoms with van der Waals surface area (Å²) in [5, 5.41) is 10.1. The van der Waals surface area contributed by atoms with Crippen LogP contribution < -0.4 is 10.5 Å². The predicted molar refractivity (Wildman–Crippen MR) is 70.1 cm³/mol. The summed E-state index contributed by atoms with van der Waals surface area (Å²) >= 11 is 0. The highest BCUT2D eigenvalue weighted by Gasteiger charge is 2.23. The molecule has 0 aliphatic heterocycles. The van der Waals surface area contributed by atoms with Crippen LogP contribution in [0.3, 0.4) is 0 Å². The second kappa shape index (κ2) is 6.03. The summed E-state index contributed by atoms with van der Waals surface area (Å²) in [6.07, 6.45) is 0.413. The first kappa shape index (κ1) is 14.0. The Hall–Kier alpha value is -1.06. The van der Waals surface area contributed by atoms with Gasteiger partial charge in [-0.15, -0.1) is 0 Å². The fourth-order valence-electron chi connectivity index (χ4n) is 1.93. The molecule has 1 rings (SSSR count). The van der Waals surface area contributed by atoms with Gasteiger partial charge in [0, 0.05) is 0 Å². The smallest absolute Gasteiger partial charge is 0.119 e. The van der Waals surface area contributed by atoms with Crippen LogP contribution in [-0.4, -0.2) is 18.3 Å². The zero-order valence-electron chi connectivity index (χ0n) is 11.1. The number of benzene rings is 1.